The SMILES string of the molecule is CCn1cc(C2C[C@@H](N)c3ccc(OC)cc3O2)cn1. The van der Waals surface area contributed by atoms with Crippen molar-refractivity contribution in [2.24, 2.45) is 5.73 Å². The molecule has 0 saturated heterocycles. The lowest BCUT2D eigenvalue weighted by Crippen LogP contribution is -2.23. The second kappa shape index (κ2) is 5.17. The lowest BCUT2D eigenvalue weighted by Gasteiger charge is -2.30. The van der Waals surface area contributed by atoms with Crippen LogP contribution in [0, 0.1) is 0 Å². The number of rotatable bonds is 3. The summed E-state index contributed by atoms with van der Waals surface area (Å²) in [5.41, 5.74) is 8.35. The summed E-state index contributed by atoms with van der Waals surface area (Å²) in [4.78, 5) is 0. The van der Waals surface area contributed by atoms with Gasteiger partial charge in [0.2, 0.25) is 0 Å². The maximum absolute atomic E-state index is 6.26. The summed E-state index contributed by atoms with van der Waals surface area (Å²) in [6.45, 7) is 2.91. The van der Waals surface area contributed by atoms with Gasteiger partial charge in [0.25, 0.3) is 0 Å². The Kier molecular flexibility index (Phi) is 3.36. The standard InChI is InChI=1S/C15H19N3O2/c1-3-18-9-10(8-17-18)14-7-13(16)12-5-4-11(19-2)6-15(12)20-14/h4-6,8-9,13-14H,3,7,16H2,1-2H3/t13-,14?/m1/s1. The van der Waals surface area contributed by atoms with E-state index in [0.717, 1.165) is 35.6 Å². The van der Waals surface area contributed by atoms with Gasteiger partial charge in [-0.1, -0.05) is 6.07 Å². The number of nitrogens with two attached hydrogens (primary N) is 1. The van der Waals surface area contributed by atoms with Crippen molar-refractivity contribution in [1.82, 2.24) is 9.78 Å². The van der Waals surface area contributed by atoms with Gasteiger partial charge in [0.05, 0.1) is 13.3 Å². The first kappa shape index (κ1) is 13.0. The number of aryl methyl sites for hydroxylation is 1. The summed E-state index contributed by atoms with van der Waals surface area (Å²) < 4.78 is 13.2. The molecule has 0 amide bonds. The highest BCUT2D eigenvalue weighted by molar-refractivity contribution is 5.44. The number of methoxy groups -OCH3 is 1. The van der Waals surface area contributed by atoms with Gasteiger partial charge in [-0.15, -0.1) is 0 Å². The average Bonchev–Trinajstić information content (AvgIpc) is 2.95. The smallest absolute Gasteiger partial charge is 0.129 e. The first-order valence-corrected chi connectivity index (χ1v) is 6.83. The van der Waals surface area contributed by atoms with E-state index in [2.05, 4.69) is 12.0 Å². The summed E-state index contributed by atoms with van der Waals surface area (Å²) in [6, 6.07) is 5.76. The van der Waals surface area contributed by atoms with Crippen LogP contribution in [-0.4, -0.2) is 16.9 Å². The minimum atomic E-state index is -0.0510. The molecule has 2 N–H and O–H groups in total. The van der Waals surface area contributed by atoms with Crippen molar-refractivity contribution in [3.8, 4) is 11.5 Å². The van der Waals surface area contributed by atoms with Crippen LogP contribution in [0.4, 0.5) is 0 Å². The third-order valence-corrected chi connectivity index (χ3v) is 3.71. The molecule has 2 atom stereocenters. The number of ether oxygens (including phenoxy) is 2. The Morgan fingerprint density at radius 3 is 3.05 bits per heavy atom. The van der Waals surface area contributed by atoms with Gasteiger partial charge in [0, 0.05) is 42.4 Å². The highest BCUT2D eigenvalue weighted by atomic mass is 16.5. The summed E-state index contributed by atoms with van der Waals surface area (Å²) in [5.74, 6) is 1.58. The molecule has 0 saturated carbocycles. The zero-order valence-electron chi connectivity index (χ0n) is 11.7. The number of aromatic nitrogens is 2. The van der Waals surface area contributed by atoms with Crippen molar-refractivity contribution in [3.63, 3.8) is 0 Å². The van der Waals surface area contributed by atoms with Gasteiger partial charge in [0.1, 0.15) is 17.6 Å². The van der Waals surface area contributed by atoms with E-state index in [0.29, 0.717) is 0 Å². The van der Waals surface area contributed by atoms with Gasteiger partial charge < -0.3 is 15.2 Å². The van der Waals surface area contributed by atoms with E-state index in [1.807, 2.05) is 35.3 Å². The van der Waals surface area contributed by atoms with Crippen LogP contribution in [-0.2, 0) is 6.54 Å². The predicted molar refractivity (Wildman–Crippen MR) is 75.8 cm³/mol. The first-order valence-electron chi connectivity index (χ1n) is 6.83. The summed E-state index contributed by atoms with van der Waals surface area (Å²) in [5, 5.41) is 4.30. The Hall–Kier alpha value is -2.01. The Labute approximate surface area is 118 Å². The van der Waals surface area contributed by atoms with E-state index in [1.165, 1.54) is 0 Å². The van der Waals surface area contributed by atoms with E-state index >= 15 is 0 Å². The van der Waals surface area contributed by atoms with Crippen molar-refractivity contribution in [2.75, 3.05) is 7.11 Å². The highest BCUT2D eigenvalue weighted by Crippen LogP contribution is 2.41. The maximum Gasteiger partial charge on any atom is 0.129 e. The Bertz CT molecular complexity index is 609. The third kappa shape index (κ3) is 2.25. The molecule has 2 heterocycles. The molecular formula is C15H19N3O2. The molecule has 1 aromatic carbocycles. The summed E-state index contributed by atoms with van der Waals surface area (Å²) >= 11 is 0. The molecule has 0 fully saturated rings. The lowest BCUT2D eigenvalue weighted by molar-refractivity contribution is 0.160. The van der Waals surface area contributed by atoms with Gasteiger partial charge in [-0.25, -0.2) is 0 Å². The zero-order chi connectivity index (χ0) is 14.1. The molecule has 5 nitrogen and oxygen atoms in total. The van der Waals surface area contributed by atoms with Crippen LogP contribution in [0.1, 0.15) is 36.6 Å². The number of hydrogen-bond donors (Lipinski definition) is 1. The molecule has 1 unspecified atom stereocenters. The van der Waals surface area contributed by atoms with E-state index < -0.39 is 0 Å². The summed E-state index contributed by atoms with van der Waals surface area (Å²) in [7, 11) is 1.65. The molecule has 106 valence electrons. The molecule has 5 heteroatoms. The average molecular weight is 273 g/mol. The van der Waals surface area contributed by atoms with Gasteiger partial charge in [-0.05, 0) is 13.0 Å². The predicted octanol–water partition coefficient (Wildman–Crippen LogP) is 2.44. The molecule has 2 aromatic rings. The molecule has 0 aliphatic carbocycles. The molecule has 1 aromatic heterocycles. The molecule has 20 heavy (non-hydrogen) atoms. The van der Waals surface area contributed by atoms with Crippen LogP contribution in [0.3, 0.4) is 0 Å². The minimum absolute atomic E-state index is 0.0281. The van der Waals surface area contributed by atoms with Crippen molar-refractivity contribution < 1.29 is 9.47 Å². The fourth-order valence-electron chi connectivity index (χ4n) is 2.53. The van der Waals surface area contributed by atoms with Crippen LogP contribution in [0.2, 0.25) is 0 Å². The molecule has 1 aliphatic rings. The lowest BCUT2D eigenvalue weighted by atomic mass is 9.95. The van der Waals surface area contributed by atoms with Gasteiger partial charge in [0.15, 0.2) is 0 Å². The molecule has 3 rings (SSSR count). The molecule has 0 spiro atoms. The summed E-state index contributed by atoms with van der Waals surface area (Å²) in [6.07, 6.45) is 4.58. The fraction of sp³-hybridized carbons (Fsp3) is 0.400. The van der Waals surface area contributed by atoms with Gasteiger partial charge in [-0.2, -0.15) is 5.10 Å². The number of benzene rings is 1. The Morgan fingerprint density at radius 2 is 2.35 bits per heavy atom. The van der Waals surface area contributed by atoms with Gasteiger partial charge in [-0.3, -0.25) is 4.68 Å². The van der Waals surface area contributed by atoms with E-state index in [4.69, 9.17) is 15.2 Å². The zero-order valence-corrected chi connectivity index (χ0v) is 11.7. The van der Waals surface area contributed by atoms with E-state index in [-0.39, 0.29) is 12.1 Å². The quantitative estimate of drug-likeness (QED) is 0.933. The highest BCUT2D eigenvalue weighted by Gasteiger charge is 2.28. The monoisotopic (exact) mass is 273 g/mol. The third-order valence-electron chi connectivity index (χ3n) is 3.71. The van der Waals surface area contributed by atoms with Crippen LogP contribution in [0.5, 0.6) is 11.5 Å². The second-order valence-electron chi connectivity index (χ2n) is 4.98. The number of nitrogens with zero attached hydrogens (tertiary/aromatic N) is 2. The van der Waals surface area contributed by atoms with Crippen LogP contribution in [0.25, 0.3) is 0 Å². The van der Waals surface area contributed by atoms with Gasteiger partial charge >= 0.3 is 0 Å². The fourth-order valence-corrected chi connectivity index (χ4v) is 2.53. The Balaban J connectivity index is 1.90. The minimum Gasteiger partial charge on any atom is -0.497 e. The van der Waals surface area contributed by atoms with Crippen LogP contribution in [0.15, 0.2) is 30.6 Å². The normalized spacial score (nSPS) is 21.1. The molecule has 0 bridgehead atoms. The van der Waals surface area contributed by atoms with Crippen molar-refractivity contribution in [3.05, 3.63) is 41.7 Å². The topological polar surface area (TPSA) is 62.3 Å². The number of hydrogen-bond acceptors (Lipinski definition) is 4. The largest absolute Gasteiger partial charge is 0.497 e. The molecule has 1 aliphatic heterocycles. The van der Waals surface area contributed by atoms with Crippen LogP contribution < -0.4 is 15.2 Å². The van der Waals surface area contributed by atoms with Crippen molar-refractivity contribution >= 4 is 0 Å². The van der Waals surface area contributed by atoms with E-state index in [1.54, 1.807) is 7.11 Å². The first-order chi connectivity index (χ1) is 9.71. The second-order valence-corrected chi connectivity index (χ2v) is 4.98. The van der Waals surface area contributed by atoms with Crippen molar-refractivity contribution in [1.29, 1.82) is 0 Å². The Morgan fingerprint density at radius 1 is 1.50 bits per heavy atom. The van der Waals surface area contributed by atoms with Crippen LogP contribution >= 0.6 is 0 Å². The van der Waals surface area contributed by atoms with E-state index in [9.17, 15) is 0 Å². The maximum atomic E-state index is 6.26. The molecule has 0 radical (unpaired) electrons. The number of fused-ring (bicyclic) bond motifs is 1. The molecular weight excluding hydrogens is 254 g/mol. The van der Waals surface area contributed by atoms with Crippen molar-refractivity contribution in [2.45, 2.75) is 32.0 Å².